The van der Waals surface area contributed by atoms with E-state index in [0.717, 1.165) is 29.7 Å². The Kier molecular flexibility index (Phi) is 12.5. The predicted molar refractivity (Wildman–Crippen MR) is 216 cm³/mol. The minimum atomic E-state index is -1.12. The van der Waals surface area contributed by atoms with E-state index in [1.165, 1.54) is 12.1 Å². The molecule has 2 fully saturated rings. The van der Waals surface area contributed by atoms with Crippen molar-refractivity contribution >= 4 is 23.4 Å². The summed E-state index contributed by atoms with van der Waals surface area (Å²) in [6.07, 6.45) is 2.24. The van der Waals surface area contributed by atoms with Crippen LogP contribution in [-0.2, 0) is 35.3 Å². The molecule has 0 radical (unpaired) electrons. The number of benzene rings is 4. The first-order chi connectivity index (χ1) is 29.3. The van der Waals surface area contributed by atoms with Crippen molar-refractivity contribution in [1.29, 1.82) is 0 Å². The number of halogens is 4. The van der Waals surface area contributed by atoms with Gasteiger partial charge in [0.25, 0.3) is 11.7 Å². The molecule has 6 N–H and O–H groups in total. The van der Waals surface area contributed by atoms with Gasteiger partial charge in [-0.15, -0.1) is 10.2 Å². The molecule has 10 rings (SSSR count). The van der Waals surface area contributed by atoms with Gasteiger partial charge in [-0.3, -0.25) is 24.6 Å². The quantitative estimate of drug-likeness (QED) is 0.119. The number of nitrogens with zero attached hydrogens (tertiary/aromatic N) is 4. The lowest BCUT2D eigenvalue weighted by Crippen LogP contribution is -2.43. The molecule has 320 valence electrons. The van der Waals surface area contributed by atoms with E-state index in [1.807, 2.05) is 60.7 Å². The highest BCUT2D eigenvalue weighted by Crippen LogP contribution is 2.54. The number of ketones is 2. The van der Waals surface area contributed by atoms with Gasteiger partial charge >= 0.3 is 5.97 Å². The van der Waals surface area contributed by atoms with Crippen LogP contribution in [0, 0.1) is 35.1 Å². The van der Waals surface area contributed by atoms with Gasteiger partial charge in [-0.2, -0.15) is 0 Å². The second-order valence-corrected chi connectivity index (χ2v) is 15.5. The van der Waals surface area contributed by atoms with Crippen molar-refractivity contribution in [3.8, 4) is 0 Å². The first kappa shape index (κ1) is 43.2. The molecule has 4 aromatic carbocycles. The Morgan fingerprint density at radius 1 is 0.694 bits per heavy atom. The topological polar surface area (TPSA) is 210 Å². The van der Waals surface area contributed by atoms with Crippen LogP contribution in [0.1, 0.15) is 98.4 Å². The van der Waals surface area contributed by atoms with Crippen molar-refractivity contribution in [3.05, 3.63) is 165 Å². The van der Waals surface area contributed by atoms with Gasteiger partial charge in [0.05, 0.1) is 12.1 Å². The Bertz CT molecular complexity index is 2640. The summed E-state index contributed by atoms with van der Waals surface area (Å²) in [7, 11) is 0. The number of fused-ring (bicyclic) bond motifs is 6. The van der Waals surface area contributed by atoms with E-state index in [2.05, 4.69) is 35.7 Å². The molecule has 1 amide bonds. The number of rotatable bonds is 7. The molecule has 4 aliphatic rings. The van der Waals surface area contributed by atoms with Crippen molar-refractivity contribution in [2.45, 2.75) is 69.9 Å². The fourth-order valence-corrected chi connectivity index (χ4v) is 8.16. The number of Topliss-reactive ketones (excluding diaryl/α,β-unsaturated/α-hetero) is 2. The molecule has 2 saturated carbocycles. The predicted octanol–water partition coefficient (Wildman–Crippen LogP) is 5.95. The Labute approximate surface area is 352 Å². The number of carbonyl (C=O) groups is 4. The molecule has 13 nitrogen and oxygen atoms in total. The third-order valence-corrected chi connectivity index (χ3v) is 11.4. The number of nitrogens with two attached hydrogens (primary N) is 1. The van der Waals surface area contributed by atoms with Crippen molar-refractivity contribution < 1.29 is 41.8 Å². The number of carboxylic acid groups (broad SMARTS) is 1. The molecule has 0 saturated heterocycles. The molecular formula is C45H42F4N8O5. The minimum Gasteiger partial charge on any atom is -0.475 e. The van der Waals surface area contributed by atoms with Gasteiger partial charge in [0.15, 0.2) is 11.6 Å². The highest BCUT2D eigenvalue weighted by atomic mass is 19.1. The zero-order chi connectivity index (χ0) is 42.9. The Morgan fingerprint density at radius 2 is 1.16 bits per heavy atom. The van der Waals surface area contributed by atoms with E-state index >= 15 is 0 Å². The zero-order valence-electron chi connectivity index (χ0n) is 32.2. The number of carbonyl (C=O) groups excluding carboxylic acids is 3. The Morgan fingerprint density at radius 3 is 1.68 bits per heavy atom. The van der Waals surface area contributed by atoms with Crippen LogP contribution in [0.25, 0.3) is 0 Å². The number of nitrogens with one attached hydrogen (secondary N) is 3. The van der Waals surface area contributed by atoms with Crippen LogP contribution >= 0.6 is 0 Å². The van der Waals surface area contributed by atoms with E-state index in [0.29, 0.717) is 47.6 Å². The monoisotopic (exact) mass is 850 g/mol. The second kappa shape index (κ2) is 18.0. The molecule has 62 heavy (non-hydrogen) atoms. The maximum absolute atomic E-state index is 14.2. The van der Waals surface area contributed by atoms with Crippen LogP contribution in [-0.4, -0.2) is 71.0 Å². The fourth-order valence-electron chi connectivity index (χ4n) is 8.16. The van der Waals surface area contributed by atoms with E-state index in [4.69, 9.17) is 10.8 Å². The molecule has 17 heteroatoms. The summed E-state index contributed by atoms with van der Waals surface area (Å²) in [5, 5.41) is 24.2. The highest BCUT2D eigenvalue weighted by Gasteiger charge is 2.51. The summed E-state index contributed by atoms with van der Waals surface area (Å²) in [5.41, 5.74) is 9.59. The third-order valence-electron chi connectivity index (χ3n) is 11.4. The van der Waals surface area contributed by atoms with E-state index in [9.17, 15) is 36.7 Å². The number of amides is 1. The number of aromatic amines is 2. The maximum atomic E-state index is 14.2. The second-order valence-electron chi connectivity index (χ2n) is 15.5. The van der Waals surface area contributed by atoms with E-state index < -0.39 is 47.2 Å². The number of hydrogen-bond acceptors (Lipinski definition) is 9. The molecule has 6 atom stereocenters. The first-order valence-electron chi connectivity index (χ1n) is 19.5. The van der Waals surface area contributed by atoms with E-state index in [-0.39, 0.29) is 72.7 Å². The third kappa shape index (κ3) is 9.52. The summed E-state index contributed by atoms with van der Waals surface area (Å²) >= 11 is 0. The van der Waals surface area contributed by atoms with Gasteiger partial charge in [-0.25, -0.2) is 32.3 Å². The lowest BCUT2D eigenvalue weighted by atomic mass is 9.99. The van der Waals surface area contributed by atoms with Gasteiger partial charge in [0.1, 0.15) is 34.9 Å². The molecular weight excluding hydrogens is 809 g/mol. The van der Waals surface area contributed by atoms with Crippen LogP contribution in [0.3, 0.4) is 0 Å². The SMILES string of the molecule is C.N[C@H]1C(=O)Cc2c(F)cc(F)cc2[C@H]2C[C@H]21.O=C(N[C@H]1C(=O)Cc2c(F)cc(F)cc2[C@H]2C[C@H]21)c1n[nH]c(Cc2ccccc2)n1.O=C(O)c1n[nH]c(Cc2ccccc2)n1. The lowest BCUT2D eigenvalue weighted by molar-refractivity contribution is -0.121. The number of aromatic carboxylic acids is 1. The first-order valence-corrected chi connectivity index (χ1v) is 19.5. The van der Waals surface area contributed by atoms with Crippen LogP contribution in [0.4, 0.5) is 17.6 Å². The van der Waals surface area contributed by atoms with Gasteiger partial charge in [0.2, 0.25) is 5.82 Å². The molecule has 6 aromatic rings. The molecule has 2 aromatic heterocycles. The van der Waals surface area contributed by atoms with Crippen LogP contribution in [0.15, 0.2) is 84.9 Å². The number of H-pyrrole nitrogens is 2. The Balaban J connectivity index is 0.000000153. The molecule has 0 unspecified atom stereocenters. The van der Waals surface area contributed by atoms with Gasteiger partial charge in [-0.1, -0.05) is 68.1 Å². The average Bonchev–Trinajstić information content (AvgIpc) is 4.12. The van der Waals surface area contributed by atoms with Crippen molar-refractivity contribution in [3.63, 3.8) is 0 Å². The van der Waals surface area contributed by atoms with Crippen LogP contribution < -0.4 is 11.1 Å². The number of hydrogen-bond donors (Lipinski definition) is 5. The largest absolute Gasteiger partial charge is 0.475 e. The molecule has 0 spiro atoms. The smallest absolute Gasteiger partial charge is 0.375 e. The highest BCUT2D eigenvalue weighted by molar-refractivity contribution is 5.97. The molecule has 2 heterocycles. The normalized spacial score (nSPS) is 21.3. The standard InChI is InChI=1S/C22H18F2N4O2.C12H11F2NO.C10H9N3O2.CH4/c23-12-7-13-14-9-16(14)20(18(29)10-15(13)17(24)8-12)26-22(30)21-25-19(27-28-21)6-11-4-2-1-3-5-11;13-5-1-6-7-3-9(7)12(15)11(16)4-8(6)10(14)2-5;14-10(15)9-11-8(12-13-9)6-7-4-2-1-3-5-7;/h1-5,7-8,14,16,20H,6,9-10H2,(H,26,30)(H,25,27,28);1-2,7,9,12H,3-4,15H2;1-5H,6H2,(H,14,15)(H,11,12,13);1H4/t14-,16-,20-;7-,9-,12-;;/m11../s1. The van der Waals surface area contributed by atoms with E-state index in [1.54, 1.807) is 0 Å². The van der Waals surface area contributed by atoms with Gasteiger partial charge in [0, 0.05) is 37.8 Å². The number of aromatic nitrogens is 6. The Hall–Kier alpha value is -6.88. The van der Waals surface area contributed by atoms with Gasteiger partial charge < -0.3 is 16.2 Å². The summed E-state index contributed by atoms with van der Waals surface area (Å²) in [5.74, 6) is -4.00. The average molecular weight is 851 g/mol. The van der Waals surface area contributed by atoms with Crippen molar-refractivity contribution in [1.82, 2.24) is 35.7 Å². The van der Waals surface area contributed by atoms with Crippen molar-refractivity contribution in [2.75, 3.05) is 0 Å². The van der Waals surface area contributed by atoms with Crippen molar-refractivity contribution in [2.24, 2.45) is 17.6 Å². The zero-order valence-corrected chi connectivity index (χ0v) is 32.2. The minimum absolute atomic E-state index is 0. The lowest BCUT2D eigenvalue weighted by Gasteiger charge is -2.15. The fraction of sp³-hybridized carbons (Fsp3) is 0.289. The summed E-state index contributed by atoms with van der Waals surface area (Å²) < 4.78 is 54.6. The van der Waals surface area contributed by atoms with Crippen LogP contribution in [0.5, 0.6) is 0 Å². The van der Waals surface area contributed by atoms with Gasteiger partial charge in [-0.05, 0) is 82.0 Å². The summed E-state index contributed by atoms with van der Waals surface area (Å²) in [6.45, 7) is 0. The van der Waals surface area contributed by atoms with Crippen LogP contribution in [0.2, 0.25) is 0 Å². The number of carboxylic acids is 1. The maximum Gasteiger partial charge on any atom is 0.375 e. The molecule has 0 aliphatic heterocycles. The summed E-state index contributed by atoms with van der Waals surface area (Å²) in [6, 6.07) is 22.3. The molecule has 0 bridgehead atoms. The summed E-state index contributed by atoms with van der Waals surface area (Å²) in [4.78, 5) is 55.6. The molecule has 4 aliphatic carbocycles.